The van der Waals surface area contributed by atoms with Crippen LogP contribution in [0.4, 0.5) is 0 Å². The fourth-order valence-corrected chi connectivity index (χ4v) is 2.61. The van der Waals surface area contributed by atoms with Crippen molar-refractivity contribution in [2.75, 3.05) is 20.1 Å². The topological polar surface area (TPSA) is 58.9 Å². The van der Waals surface area contributed by atoms with Crippen LogP contribution in [0.15, 0.2) is 0 Å². The second-order valence-electron chi connectivity index (χ2n) is 5.42. The summed E-state index contributed by atoms with van der Waals surface area (Å²) in [6.45, 7) is 6.24. The van der Waals surface area contributed by atoms with Gasteiger partial charge in [0, 0.05) is 12.6 Å². The molecule has 1 aliphatic rings. The van der Waals surface area contributed by atoms with E-state index in [1.807, 2.05) is 4.68 Å². The van der Waals surface area contributed by atoms with Crippen molar-refractivity contribution in [3.05, 3.63) is 5.82 Å². The molecule has 6 heteroatoms. The molecular formula is C13H26N6. The van der Waals surface area contributed by atoms with E-state index in [2.05, 4.69) is 39.7 Å². The predicted octanol–water partition coefficient (Wildman–Crippen LogP) is 1.05. The Kier molecular flexibility index (Phi) is 5.72. The fraction of sp³-hybridized carbons (Fsp3) is 0.923. The lowest BCUT2D eigenvalue weighted by atomic mass is 10.1. The van der Waals surface area contributed by atoms with Crippen LogP contribution in [0.3, 0.4) is 0 Å². The summed E-state index contributed by atoms with van der Waals surface area (Å²) in [6.07, 6.45) is 6.04. The largest absolute Gasteiger partial charge is 0.317 e. The van der Waals surface area contributed by atoms with Crippen LogP contribution in [0.25, 0.3) is 0 Å². The minimum atomic E-state index is 0.645. The maximum Gasteiger partial charge on any atom is 0.165 e. The molecule has 1 aromatic rings. The summed E-state index contributed by atoms with van der Waals surface area (Å²) in [7, 11) is 2.19. The number of aromatic nitrogens is 4. The zero-order valence-electron chi connectivity index (χ0n) is 12.2. The van der Waals surface area contributed by atoms with Crippen molar-refractivity contribution in [2.24, 2.45) is 0 Å². The standard InChI is InChI=1S/C13H26N6/c1-3-4-10-19-13(15-16-17-19)11-18(2)12-6-5-8-14-9-7-12/h12,14H,3-11H2,1-2H3. The molecule has 1 unspecified atom stereocenters. The van der Waals surface area contributed by atoms with Crippen molar-refractivity contribution in [3.63, 3.8) is 0 Å². The summed E-state index contributed by atoms with van der Waals surface area (Å²) in [5, 5.41) is 15.5. The van der Waals surface area contributed by atoms with Crippen LogP contribution in [-0.4, -0.2) is 51.3 Å². The molecule has 0 bridgehead atoms. The fourth-order valence-electron chi connectivity index (χ4n) is 2.61. The molecule has 0 aliphatic carbocycles. The molecule has 19 heavy (non-hydrogen) atoms. The predicted molar refractivity (Wildman–Crippen MR) is 74.7 cm³/mol. The Morgan fingerprint density at radius 2 is 2.26 bits per heavy atom. The smallest absolute Gasteiger partial charge is 0.165 e. The monoisotopic (exact) mass is 266 g/mol. The number of hydrogen-bond donors (Lipinski definition) is 1. The van der Waals surface area contributed by atoms with Crippen LogP contribution in [0, 0.1) is 0 Å². The third kappa shape index (κ3) is 4.24. The molecule has 0 saturated carbocycles. The lowest BCUT2D eigenvalue weighted by molar-refractivity contribution is 0.207. The number of nitrogens with one attached hydrogen (secondary N) is 1. The average molecular weight is 266 g/mol. The number of nitrogens with zero attached hydrogens (tertiary/aromatic N) is 5. The first kappa shape index (κ1) is 14.4. The molecule has 1 N–H and O–H groups in total. The summed E-state index contributed by atoms with van der Waals surface area (Å²) < 4.78 is 1.95. The second kappa shape index (κ2) is 7.55. The third-order valence-electron chi connectivity index (χ3n) is 3.89. The SMILES string of the molecule is CCCCn1nnnc1CN(C)C1CCCNCC1. The Hall–Kier alpha value is -1.01. The quantitative estimate of drug-likeness (QED) is 0.834. The van der Waals surface area contributed by atoms with Gasteiger partial charge >= 0.3 is 0 Å². The molecule has 1 saturated heterocycles. The Morgan fingerprint density at radius 1 is 1.37 bits per heavy atom. The summed E-state index contributed by atoms with van der Waals surface area (Å²) in [5.41, 5.74) is 0. The highest BCUT2D eigenvalue weighted by molar-refractivity contribution is 4.83. The molecule has 1 atom stereocenters. The minimum absolute atomic E-state index is 0.645. The zero-order valence-corrected chi connectivity index (χ0v) is 12.2. The van der Waals surface area contributed by atoms with Crippen LogP contribution >= 0.6 is 0 Å². The van der Waals surface area contributed by atoms with Gasteiger partial charge in [-0.05, 0) is 56.2 Å². The first-order valence-electron chi connectivity index (χ1n) is 7.47. The molecule has 6 nitrogen and oxygen atoms in total. The normalized spacial score (nSPS) is 20.7. The number of aryl methyl sites for hydroxylation is 1. The van der Waals surface area contributed by atoms with Crippen LogP contribution in [-0.2, 0) is 13.1 Å². The van der Waals surface area contributed by atoms with E-state index in [9.17, 15) is 0 Å². The zero-order chi connectivity index (χ0) is 13.5. The van der Waals surface area contributed by atoms with Gasteiger partial charge in [0.1, 0.15) is 0 Å². The Morgan fingerprint density at radius 3 is 3.11 bits per heavy atom. The lowest BCUT2D eigenvalue weighted by Crippen LogP contribution is -2.33. The molecule has 2 heterocycles. The van der Waals surface area contributed by atoms with E-state index in [0.29, 0.717) is 6.04 Å². The average Bonchev–Trinajstić information content (AvgIpc) is 2.67. The Balaban J connectivity index is 1.90. The number of hydrogen-bond acceptors (Lipinski definition) is 5. The van der Waals surface area contributed by atoms with E-state index in [-0.39, 0.29) is 0 Å². The third-order valence-corrected chi connectivity index (χ3v) is 3.89. The van der Waals surface area contributed by atoms with E-state index >= 15 is 0 Å². The molecule has 0 amide bonds. The maximum atomic E-state index is 4.17. The van der Waals surface area contributed by atoms with Crippen molar-refractivity contribution in [3.8, 4) is 0 Å². The van der Waals surface area contributed by atoms with Gasteiger partial charge in [0.2, 0.25) is 0 Å². The van der Waals surface area contributed by atoms with E-state index < -0.39 is 0 Å². The van der Waals surface area contributed by atoms with Gasteiger partial charge in [-0.1, -0.05) is 13.3 Å². The molecule has 0 spiro atoms. The molecule has 0 radical (unpaired) electrons. The molecule has 0 aromatic carbocycles. The summed E-state index contributed by atoms with van der Waals surface area (Å²) in [5.74, 6) is 0.994. The van der Waals surface area contributed by atoms with E-state index in [1.54, 1.807) is 0 Å². The number of unbranched alkanes of at least 4 members (excludes halogenated alkanes) is 1. The molecular weight excluding hydrogens is 240 g/mol. The first-order chi connectivity index (χ1) is 9.31. The van der Waals surface area contributed by atoms with Gasteiger partial charge in [-0.25, -0.2) is 4.68 Å². The second-order valence-corrected chi connectivity index (χ2v) is 5.42. The molecule has 1 aliphatic heterocycles. The highest BCUT2D eigenvalue weighted by Crippen LogP contribution is 2.13. The summed E-state index contributed by atoms with van der Waals surface area (Å²) >= 11 is 0. The Bertz CT molecular complexity index is 356. The van der Waals surface area contributed by atoms with Gasteiger partial charge < -0.3 is 5.32 Å². The minimum Gasteiger partial charge on any atom is -0.317 e. The number of rotatable bonds is 6. The van der Waals surface area contributed by atoms with Crippen LogP contribution in [0.2, 0.25) is 0 Å². The van der Waals surface area contributed by atoms with Gasteiger partial charge in [0.05, 0.1) is 6.54 Å². The van der Waals surface area contributed by atoms with Gasteiger partial charge in [-0.15, -0.1) is 5.10 Å². The highest BCUT2D eigenvalue weighted by Gasteiger charge is 2.18. The van der Waals surface area contributed by atoms with Crippen LogP contribution < -0.4 is 5.32 Å². The molecule has 108 valence electrons. The lowest BCUT2D eigenvalue weighted by Gasteiger charge is -2.26. The van der Waals surface area contributed by atoms with Crippen molar-refractivity contribution >= 4 is 0 Å². The van der Waals surface area contributed by atoms with Gasteiger partial charge in [-0.2, -0.15) is 0 Å². The molecule has 2 rings (SSSR count). The molecule has 1 fully saturated rings. The van der Waals surface area contributed by atoms with Gasteiger partial charge in [-0.3, -0.25) is 4.90 Å². The van der Waals surface area contributed by atoms with E-state index in [4.69, 9.17) is 0 Å². The van der Waals surface area contributed by atoms with Crippen molar-refractivity contribution < 1.29 is 0 Å². The number of tetrazole rings is 1. The van der Waals surface area contributed by atoms with Crippen LogP contribution in [0.5, 0.6) is 0 Å². The first-order valence-corrected chi connectivity index (χ1v) is 7.47. The van der Waals surface area contributed by atoms with Crippen molar-refractivity contribution in [1.29, 1.82) is 0 Å². The highest BCUT2D eigenvalue weighted by atomic mass is 15.5. The van der Waals surface area contributed by atoms with E-state index in [1.165, 1.54) is 25.7 Å². The summed E-state index contributed by atoms with van der Waals surface area (Å²) in [6, 6.07) is 0.645. The Labute approximate surface area is 115 Å². The maximum absolute atomic E-state index is 4.17. The van der Waals surface area contributed by atoms with E-state index in [0.717, 1.165) is 38.4 Å². The van der Waals surface area contributed by atoms with Gasteiger partial charge in [0.25, 0.3) is 0 Å². The molecule has 1 aromatic heterocycles. The summed E-state index contributed by atoms with van der Waals surface area (Å²) in [4.78, 5) is 2.40. The van der Waals surface area contributed by atoms with Crippen LogP contribution in [0.1, 0.15) is 44.9 Å². The van der Waals surface area contributed by atoms with Crippen molar-refractivity contribution in [1.82, 2.24) is 30.4 Å². The van der Waals surface area contributed by atoms with Crippen molar-refractivity contribution in [2.45, 2.75) is 58.2 Å². The van der Waals surface area contributed by atoms with Gasteiger partial charge in [0.15, 0.2) is 5.82 Å².